The number of methoxy groups -OCH3 is 2. The zero-order valence-electron chi connectivity index (χ0n) is 24.7. The van der Waals surface area contributed by atoms with Gasteiger partial charge >= 0.3 is 11.9 Å². The molecule has 3 aromatic rings. The van der Waals surface area contributed by atoms with Gasteiger partial charge in [-0.3, -0.25) is 14.6 Å². The fraction of sp³-hybridized carbons (Fsp3) is 0.438. The minimum atomic E-state index is -1.38. The number of para-hydroxylation sites is 1. The summed E-state index contributed by atoms with van der Waals surface area (Å²) in [5.41, 5.74) is 2.29. The number of carbonyl (C=O) groups excluding carboxylic acids is 2. The number of benzene rings is 2. The van der Waals surface area contributed by atoms with Gasteiger partial charge in [0, 0.05) is 44.1 Å². The first-order chi connectivity index (χ1) is 19.7. The first kappa shape index (κ1) is 29.8. The number of hydrogen-bond donors (Lipinski definition) is 0. The number of ether oxygens (including phenoxy) is 4. The van der Waals surface area contributed by atoms with Crippen LogP contribution in [0.1, 0.15) is 58.9 Å². The van der Waals surface area contributed by atoms with Crippen molar-refractivity contribution in [3.8, 4) is 11.5 Å². The van der Waals surface area contributed by atoms with E-state index in [1.165, 1.54) is 21.0 Å². The van der Waals surface area contributed by atoms with Crippen LogP contribution in [0.2, 0.25) is 0 Å². The molecule has 218 valence electrons. The van der Waals surface area contributed by atoms with Gasteiger partial charge in [0.2, 0.25) is 5.92 Å². The summed E-state index contributed by atoms with van der Waals surface area (Å²) in [5.74, 6) is -2.89. The zero-order valence-corrected chi connectivity index (χ0v) is 24.7. The van der Waals surface area contributed by atoms with Gasteiger partial charge in [0.1, 0.15) is 23.0 Å². The highest BCUT2D eigenvalue weighted by Crippen LogP contribution is 2.35. The monoisotopic (exact) mass is 561 g/mol. The van der Waals surface area contributed by atoms with Crippen molar-refractivity contribution >= 4 is 34.4 Å². The Kier molecular flexibility index (Phi) is 9.47. The Morgan fingerprint density at radius 1 is 1.05 bits per heavy atom. The van der Waals surface area contributed by atoms with Crippen LogP contribution in [0.5, 0.6) is 11.5 Å². The van der Waals surface area contributed by atoms with Crippen LogP contribution in [-0.4, -0.2) is 53.7 Å². The van der Waals surface area contributed by atoms with Crippen molar-refractivity contribution in [3.63, 3.8) is 0 Å². The van der Waals surface area contributed by atoms with Crippen molar-refractivity contribution in [1.82, 2.24) is 9.88 Å². The molecular formula is C32H39N3O6. The number of cyclic esters (lactones) is 2. The molecule has 1 aliphatic heterocycles. The average Bonchev–Trinajstić information content (AvgIpc) is 2.94. The Bertz CT molecular complexity index is 1390. The van der Waals surface area contributed by atoms with Crippen molar-refractivity contribution in [1.29, 1.82) is 0 Å². The molecule has 0 spiro atoms. The molecule has 9 nitrogen and oxygen atoms in total. The fourth-order valence-electron chi connectivity index (χ4n) is 5.01. The molecular weight excluding hydrogens is 522 g/mol. The van der Waals surface area contributed by atoms with Gasteiger partial charge in [-0.1, -0.05) is 44.4 Å². The van der Waals surface area contributed by atoms with Gasteiger partial charge in [0.15, 0.2) is 0 Å². The van der Waals surface area contributed by atoms with Crippen LogP contribution in [0.4, 0.5) is 5.69 Å². The lowest BCUT2D eigenvalue weighted by Crippen LogP contribution is -2.54. The van der Waals surface area contributed by atoms with Crippen LogP contribution >= 0.6 is 0 Å². The van der Waals surface area contributed by atoms with Crippen molar-refractivity contribution in [2.24, 2.45) is 10.9 Å². The Morgan fingerprint density at radius 3 is 2.46 bits per heavy atom. The van der Waals surface area contributed by atoms with Gasteiger partial charge in [-0.2, -0.15) is 0 Å². The lowest BCUT2D eigenvalue weighted by atomic mass is 10.00. The molecule has 9 heteroatoms. The Balaban J connectivity index is 1.89. The third kappa shape index (κ3) is 6.96. The minimum absolute atomic E-state index is 0.0768. The van der Waals surface area contributed by atoms with Gasteiger partial charge in [-0.05, 0) is 43.2 Å². The van der Waals surface area contributed by atoms with E-state index in [0.717, 1.165) is 42.1 Å². The quantitative estimate of drug-likeness (QED) is 0.0896. The fourth-order valence-corrected chi connectivity index (χ4v) is 5.01. The van der Waals surface area contributed by atoms with Crippen molar-refractivity contribution in [2.75, 3.05) is 14.2 Å². The largest absolute Gasteiger partial charge is 0.497 e. The van der Waals surface area contributed by atoms with E-state index >= 15 is 0 Å². The summed E-state index contributed by atoms with van der Waals surface area (Å²) in [5, 5.41) is 0.983. The second kappa shape index (κ2) is 13.0. The molecule has 41 heavy (non-hydrogen) atoms. The van der Waals surface area contributed by atoms with E-state index in [9.17, 15) is 9.59 Å². The number of unbranched alkanes of at least 4 members (excludes halogenated alkanes) is 2. The molecule has 0 bridgehead atoms. The first-order valence-corrected chi connectivity index (χ1v) is 14.0. The van der Waals surface area contributed by atoms with Gasteiger partial charge in [-0.25, -0.2) is 4.99 Å². The highest BCUT2D eigenvalue weighted by atomic mass is 16.7. The van der Waals surface area contributed by atoms with E-state index in [1.54, 1.807) is 31.5 Å². The number of amidine groups is 1. The smallest absolute Gasteiger partial charge is 0.331 e. The maximum Gasteiger partial charge on any atom is 0.331 e. The Labute approximate surface area is 241 Å². The molecule has 0 radical (unpaired) electrons. The van der Waals surface area contributed by atoms with Crippen molar-refractivity contribution in [2.45, 2.75) is 71.8 Å². The van der Waals surface area contributed by atoms with E-state index in [-0.39, 0.29) is 11.9 Å². The number of carbonyl (C=O) groups is 2. The molecule has 1 fully saturated rings. The second-order valence-electron chi connectivity index (χ2n) is 10.6. The van der Waals surface area contributed by atoms with Crippen LogP contribution in [0.3, 0.4) is 0 Å². The standard InChI is InChI=1S/C32H39N3O6/c1-7-8-9-12-21(2)35(20-22-17-18-33-25-14-11-10-13-24(22)25)29(28-30(36)40-32(3,4)41-31(28)37)34-26-16-15-23(38-5)19-27(26)39-6/h10-11,13-19,21,28H,7-9,12,20H2,1-6H3. The molecule has 0 amide bonds. The number of rotatable bonds is 11. The van der Waals surface area contributed by atoms with Crippen LogP contribution in [0.25, 0.3) is 10.9 Å². The summed E-state index contributed by atoms with van der Waals surface area (Å²) in [4.78, 5) is 38.4. The van der Waals surface area contributed by atoms with Gasteiger partial charge < -0.3 is 23.8 Å². The summed E-state index contributed by atoms with van der Waals surface area (Å²) in [6.45, 7) is 7.70. The van der Waals surface area contributed by atoms with E-state index in [1.807, 2.05) is 35.2 Å². The molecule has 1 atom stereocenters. The first-order valence-electron chi connectivity index (χ1n) is 14.0. The third-order valence-electron chi connectivity index (χ3n) is 7.18. The molecule has 2 aromatic carbocycles. The zero-order chi connectivity index (χ0) is 29.6. The molecule has 1 aliphatic rings. The molecule has 1 unspecified atom stereocenters. The maximum absolute atomic E-state index is 13.5. The molecule has 0 N–H and O–H groups in total. The molecule has 1 aromatic heterocycles. The van der Waals surface area contributed by atoms with Gasteiger partial charge in [0.05, 0.1) is 19.7 Å². The lowest BCUT2D eigenvalue weighted by Gasteiger charge is -2.39. The van der Waals surface area contributed by atoms with E-state index in [2.05, 4.69) is 18.8 Å². The summed E-state index contributed by atoms with van der Waals surface area (Å²) >= 11 is 0. The normalized spacial score (nSPS) is 16.2. The average molecular weight is 562 g/mol. The summed E-state index contributed by atoms with van der Waals surface area (Å²) < 4.78 is 22.1. The highest BCUT2D eigenvalue weighted by Gasteiger charge is 2.48. The van der Waals surface area contributed by atoms with Crippen LogP contribution < -0.4 is 9.47 Å². The third-order valence-corrected chi connectivity index (χ3v) is 7.18. The predicted octanol–water partition coefficient (Wildman–Crippen LogP) is 6.21. The number of pyridine rings is 1. The lowest BCUT2D eigenvalue weighted by molar-refractivity contribution is -0.236. The van der Waals surface area contributed by atoms with Crippen molar-refractivity contribution < 1.29 is 28.5 Å². The second-order valence-corrected chi connectivity index (χ2v) is 10.6. The predicted molar refractivity (Wildman–Crippen MR) is 157 cm³/mol. The SMILES string of the molecule is CCCCCC(C)N(Cc1ccnc2ccccc12)C(=Nc1ccc(OC)cc1OC)C1C(=O)OC(C)(C)OC1=O. The highest BCUT2D eigenvalue weighted by molar-refractivity contribution is 6.17. The summed E-state index contributed by atoms with van der Waals surface area (Å²) in [7, 11) is 3.10. The topological polar surface area (TPSA) is 99.6 Å². The number of esters is 2. The summed E-state index contributed by atoms with van der Waals surface area (Å²) in [6, 6.07) is 15.0. The van der Waals surface area contributed by atoms with Gasteiger partial charge in [-0.15, -0.1) is 0 Å². The van der Waals surface area contributed by atoms with E-state index < -0.39 is 23.6 Å². The molecule has 1 saturated heterocycles. The van der Waals surface area contributed by atoms with Gasteiger partial charge in [0.25, 0.3) is 5.79 Å². The molecule has 2 heterocycles. The number of hydrogen-bond acceptors (Lipinski definition) is 8. The minimum Gasteiger partial charge on any atom is -0.497 e. The maximum atomic E-state index is 13.5. The van der Waals surface area contributed by atoms with E-state index in [4.69, 9.17) is 23.9 Å². The molecule has 0 aliphatic carbocycles. The number of aromatic nitrogens is 1. The number of aliphatic imine (C=N–C) groups is 1. The van der Waals surface area contributed by atoms with Crippen LogP contribution in [-0.2, 0) is 25.6 Å². The Hall–Kier alpha value is -4.14. The molecule has 0 saturated carbocycles. The van der Waals surface area contributed by atoms with E-state index in [0.29, 0.717) is 23.7 Å². The Morgan fingerprint density at radius 2 is 1.78 bits per heavy atom. The number of fused-ring (bicyclic) bond motifs is 1. The van der Waals surface area contributed by atoms with Crippen molar-refractivity contribution in [3.05, 3.63) is 60.3 Å². The van der Waals surface area contributed by atoms with Crippen LogP contribution in [0, 0.1) is 5.92 Å². The molecule has 4 rings (SSSR count). The number of nitrogens with zero attached hydrogens (tertiary/aromatic N) is 3. The summed E-state index contributed by atoms with van der Waals surface area (Å²) in [6.07, 6.45) is 5.72. The van der Waals surface area contributed by atoms with Crippen LogP contribution in [0.15, 0.2) is 59.7 Å².